The Morgan fingerprint density at radius 3 is 2.53 bits per heavy atom. The van der Waals surface area contributed by atoms with E-state index in [0.717, 1.165) is 28.6 Å². The van der Waals surface area contributed by atoms with E-state index in [-0.39, 0.29) is 5.41 Å². The number of benzene rings is 1. The normalized spacial score (nSPS) is 13.5. The van der Waals surface area contributed by atoms with Crippen molar-refractivity contribution in [3.05, 3.63) is 28.2 Å². The summed E-state index contributed by atoms with van der Waals surface area (Å²) in [6.45, 7) is 6.54. The van der Waals surface area contributed by atoms with Gasteiger partial charge in [0.15, 0.2) is 0 Å². The maximum atomic E-state index is 10.2. The fourth-order valence-corrected chi connectivity index (χ4v) is 2.14. The predicted octanol–water partition coefficient (Wildman–Crippen LogP) is 4.32. The fourth-order valence-electron chi connectivity index (χ4n) is 1.63. The second-order valence-corrected chi connectivity index (χ2v) is 6.36. The Morgan fingerprint density at radius 1 is 1.35 bits per heavy atom. The third kappa shape index (κ3) is 4.68. The van der Waals surface area contributed by atoms with Crippen LogP contribution in [0.3, 0.4) is 0 Å². The van der Waals surface area contributed by atoms with Crippen molar-refractivity contribution < 1.29 is 9.84 Å². The van der Waals surface area contributed by atoms with Crippen molar-refractivity contribution in [2.24, 2.45) is 5.41 Å². The lowest BCUT2D eigenvalue weighted by Crippen LogP contribution is -2.08. The minimum atomic E-state index is -0.446. The monoisotopic (exact) mass is 300 g/mol. The van der Waals surface area contributed by atoms with E-state index in [4.69, 9.17) is 4.74 Å². The largest absolute Gasteiger partial charge is 0.497 e. The third-order valence-corrected chi connectivity index (χ3v) is 3.45. The number of aliphatic hydroxyl groups excluding tert-OH is 1. The van der Waals surface area contributed by atoms with E-state index in [1.807, 2.05) is 18.2 Å². The van der Waals surface area contributed by atoms with Gasteiger partial charge in [0.1, 0.15) is 5.75 Å². The van der Waals surface area contributed by atoms with Gasteiger partial charge in [0.25, 0.3) is 0 Å². The number of rotatable bonds is 4. The molecule has 1 aromatic rings. The van der Waals surface area contributed by atoms with Gasteiger partial charge >= 0.3 is 0 Å². The van der Waals surface area contributed by atoms with Crippen LogP contribution in [0.1, 0.15) is 45.3 Å². The molecule has 0 aliphatic rings. The van der Waals surface area contributed by atoms with E-state index in [1.165, 1.54) is 0 Å². The van der Waals surface area contributed by atoms with Gasteiger partial charge in [-0.1, -0.05) is 36.7 Å². The number of hydrogen-bond donors (Lipinski definition) is 1. The van der Waals surface area contributed by atoms with Gasteiger partial charge < -0.3 is 9.84 Å². The number of ether oxygens (including phenoxy) is 1. The Balaban J connectivity index is 2.77. The Morgan fingerprint density at radius 2 is 2.00 bits per heavy atom. The third-order valence-electron chi connectivity index (χ3n) is 2.73. The Bertz CT molecular complexity index is 369. The van der Waals surface area contributed by atoms with Gasteiger partial charge in [-0.25, -0.2) is 0 Å². The molecule has 17 heavy (non-hydrogen) atoms. The second-order valence-electron chi connectivity index (χ2n) is 5.50. The van der Waals surface area contributed by atoms with Crippen LogP contribution in [0.2, 0.25) is 0 Å². The van der Waals surface area contributed by atoms with Crippen molar-refractivity contribution in [3.63, 3.8) is 0 Å². The first-order valence-corrected chi connectivity index (χ1v) is 6.64. The van der Waals surface area contributed by atoms with Crippen LogP contribution in [0.5, 0.6) is 5.75 Å². The average molecular weight is 301 g/mol. The molecule has 1 rings (SSSR count). The van der Waals surface area contributed by atoms with E-state index in [9.17, 15) is 5.11 Å². The first-order valence-electron chi connectivity index (χ1n) is 5.85. The average Bonchev–Trinajstić information content (AvgIpc) is 2.25. The Kier molecular flexibility index (Phi) is 5.02. The summed E-state index contributed by atoms with van der Waals surface area (Å²) < 4.78 is 6.10. The van der Waals surface area contributed by atoms with E-state index in [1.54, 1.807) is 7.11 Å². The van der Waals surface area contributed by atoms with E-state index in [2.05, 4.69) is 36.7 Å². The molecule has 1 atom stereocenters. The lowest BCUT2D eigenvalue weighted by molar-refractivity contribution is 0.146. The molecule has 0 aromatic heterocycles. The van der Waals surface area contributed by atoms with Gasteiger partial charge in [-0.05, 0) is 42.0 Å². The molecule has 1 unspecified atom stereocenters. The molecule has 2 nitrogen and oxygen atoms in total. The van der Waals surface area contributed by atoms with Crippen molar-refractivity contribution >= 4 is 15.9 Å². The molecule has 0 saturated carbocycles. The zero-order valence-electron chi connectivity index (χ0n) is 11.0. The zero-order valence-corrected chi connectivity index (χ0v) is 12.5. The Labute approximate surface area is 112 Å². The van der Waals surface area contributed by atoms with Crippen LogP contribution < -0.4 is 4.74 Å². The summed E-state index contributed by atoms with van der Waals surface area (Å²) in [4.78, 5) is 0. The molecule has 0 amide bonds. The molecule has 96 valence electrons. The molecule has 0 bridgehead atoms. The molecule has 3 heteroatoms. The van der Waals surface area contributed by atoms with Gasteiger partial charge in [0.2, 0.25) is 0 Å². The number of methoxy groups -OCH3 is 1. The highest BCUT2D eigenvalue weighted by molar-refractivity contribution is 9.10. The minimum absolute atomic E-state index is 0.242. The summed E-state index contributed by atoms with van der Waals surface area (Å²) in [6.07, 6.45) is 1.30. The molecule has 0 aliphatic heterocycles. The summed E-state index contributed by atoms with van der Waals surface area (Å²) in [5, 5.41) is 10.2. The summed E-state index contributed by atoms with van der Waals surface area (Å²) in [5.41, 5.74) is 1.14. The highest BCUT2D eigenvalue weighted by Gasteiger charge is 2.17. The molecule has 1 N–H and O–H groups in total. The number of hydrogen-bond acceptors (Lipinski definition) is 2. The minimum Gasteiger partial charge on any atom is -0.497 e. The zero-order chi connectivity index (χ0) is 13.1. The number of halogens is 1. The van der Waals surface area contributed by atoms with Gasteiger partial charge in [0, 0.05) is 4.47 Å². The maximum absolute atomic E-state index is 10.2. The molecule has 0 aliphatic carbocycles. The Hall–Kier alpha value is -0.540. The highest BCUT2D eigenvalue weighted by atomic mass is 79.9. The topological polar surface area (TPSA) is 29.5 Å². The van der Waals surface area contributed by atoms with Crippen LogP contribution in [-0.2, 0) is 0 Å². The summed E-state index contributed by atoms with van der Waals surface area (Å²) in [7, 11) is 1.63. The summed E-state index contributed by atoms with van der Waals surface area (Å²) in [5.74, 6) is 0.776. The maximum Gasteiger partial charge on any atom is 0.119 e. The highest BCUT2D eigenvalue weighted by Crippen LogP contribution is 2.32. The van der Waals surface area contributed by atoms with Crippen LogP contribution >= 0.6 is 15.9 Å². The second kappa shape index (κ2) is 5.87. The lowest BCUT2D eigenvalue weighted by Gasteiger charge is -2.21. The van der Waals surface area contributed by atoms with Crippen LogP contribution in [0.25, 0.3) is 0 Å². The molecule has 0 heterocycles. The quantitative estimate of drug-likeness (QED) is 0.897. The predicted molar refractivity (Wildman–Crippen MR) is 74.3 cm³/mol. The summed E-state index contributed by atoms with van der Waals surface area (Å²) in [6, 6.07) is 5.68. The molecule has 0 fully saturated rings. The van der Waals surface area contributed by atoms with Gasteiger partial charge in [-0.15, -0.1) is 0 Å². The van der Waals surface area contributed by atoms with Gasteiger partial charge in [-0.2, -0.15) is 0 Å². The van der Waals surface area contributed by atoms with Gasteiger partial charge in [0.05, 0.1) is 13.2 Å². The van der Waals surface area contributed by atoms with Crippen LogP contribution in [0, 0.1) is 5.41 Å². The molecule has 0 spiro atoms. The molecule has 1 aromatic carbocycles. The van der Waals surface area contributed by atoms with Crippen molar-refractivity contribution in [1.82, 2.24) is 0 Å². The van der Waals surface area contributed by atoms with Crippen molar-refractivity contribution in [1.29, 1.82) is 0 Å². The fraction of sp³-hybridized carbons (Fsp3) is 0.571. The van der Waals surface area contributed by atoms with Crippen LogP contribution in [-0.4, -0.2) is 12.2 Å². The lowest BCUT2D eigenvalue weighted by atomic mass is 9.88. The van der Waals surface area contributed by atoms with Crippen molar-refractivity contribution in [2.45, 2.75) is 39.7 Å². The van der Waals surface area contributed by atoms with Crippen molar-refractivity contribution in [2.75, 3.05) is 7.11 Å². The van der Waals surface area contributed by atoms with E-state index in [0.29, 0.717) is 0 Å². The van der Waals surface area contributed by atoms with E-state index < -0.39 is 6.10 Å². The van der Waals surface area contributed by atoms with Crippen molar-refractivity contribution in [3.8, 4) is 5.75 Å². The molecule has 0 radical (unpaired) electrons. The van der Waals surface area contributed by atoms with Gasteiger partial charge in [-0.3, -0.25) is 0 Å². The SMILES string of the molecule is COc1ccc(Br)c(C(O)CCC(C)(C)C)c1. The summed E-state index contributed by atoms with van der Waals surface area (Å²) >= 11 is 3.47. The molecular weight excluding hydrogens is 280 g/mol. The molecular formula is C14H21BrO2. The standard InChI is InChI=1S/C14H21BrO2/c1-14(2,3)8-7-13(16)11-9-10(17-4)5-6-12(11)15/h5-6,9,13,16H,7-8H2,1-4H3. The first-order chi connectivity index (χ1) is 7.83. The smallest absolute Gasteiger partial charge is 0.119 e. The number of aliphatic hydroxyl groups is 1. The van der Waals surface area contributed by atoms with E-state index >= 15 is 0 Å². The van der Waals surface area contributed by atoms with Crippen LogP contribution in [0.15, 0.2) is 22.7 Å². The van der Waals surface area contributed by atoms with Crippen LogP contribution in [0.4, 0.5) is 0 Å². The molecule has 0 saturated heterocycles. The first kappa shape index (κ1) is 14.5.